The van der Waals surface area contributed by atoms with E-state index in [-0.39, 0.29) is 37.8 Å². The number of aliphatic hydroxyl groups is 1. The maximum atomic E-state index is 13.4. The quantitative estimate of drug-likeness (QED) is 0.363. The number of ether oxygens (including phenoxy) is 2. The third-order valence-corrected chi connectivity index (χ3v) is 8.18. The van der Waals surface area contributed by atoms with Crippen molar-refractivity contribution >= 4 is 33.7 Å². The fourth-order valence-corrected chi connectivity index (χ4v) is 7.03. The summed E-state index contributed by atoms with van der Waals surface area (Å²) in [4.78, 5) is 42.0. The Kier molecular flexibility index (Phi) is 7.61. The van der Waals surface area contributed by atoms with Gasteiger partial charge in [0, 0.05) is 6.42 Å². The van der Waals surface area contributed by atoms with Crippen LogP contribution in [0.15, 0.2) is 22.7 Å². The van der Waals surface area contributed by atoms with Crippen LogP contribution in [0.1, 0.15) is 58.8 Å². The van der Waals surface area contributed by atoms with Gasteiger partial charge in [-0.1, -0.05) is 35.4 Å². The minimum Gasteiger partial charge on any atom is -0.465 e. The monoisotopic (exact) mass is 525 g/mol. The highest BCUT2D eigenvalue weighted by atomic mass is 79.9. The SMILES string of the molecule is C=C(Br)CC(CC1=CC(=O)[C@H]2[C@@]3(O)CCCC[C@H]3C[C@@]12N(C)C)(C(=O)OCC)C(=O)OCC. The molecule has 0 unspecified atom stereocenters. The number of fused-ring (bicyclic) bond motifs is 3. The second-order valence-electron chi connectivity index (χ2n) is 9.86. The fraction of sp³-hybridized carbons (Fsp3) is 0.720. The van der Waals surface area contributed by atoms with Crippen molar-refractivity contribution in [1.29, 1.82) is 0 Å². The van der Waals surface area contributed by atoms with E-state index >= 15 is 0 Å². The third kappa shape index (κ3) is 4.12. The van der Waals surface area contributed by atoms with E-state index in [0.29, 0.717) is 22.9 Å². The van der Waals surface area contributed by atoms with Crippen LogP contribution in [-0.4, -0.2) is 66.2 Å². The first-order chi connectivity index (χ1) is 15.5. The molecule has 0 aromatic rings. The Balaban J connectivity index is 2.13. The van der Waals surface area contributed by atoms with Crippen LogP contribution in [0.25, 0.3) is 0 Å². The molecule has 4 atom stereocenters. The summed E-state index contributed by atoms with van der Waals surface area (Å²) in [5.41, 5.74) is -2.83. The molecule has 3 aliphatic rings. The number of rotatable bonds is 9. The third-order valence-electron chi connectivity index (χ3n) is 7.90. The number of likely N-dealkylation sites (N-methyl/N-ethyl adjacent to an activating group) is 1. The predicted octanol–water partition coefficient (Wildman–Crippen LogP) is 3.54. The molecule has 0 saturated heterocycles. The van der Waals surface area contributed by atoms with Crippen LogP contribution >= 0.6 is 15.9 Å². The number of hydrogen-bond donors (Lipinski definition) is 1. The van der Waals surface area contributed by atoms with Crippen molar-refractivity contribution in [3.8, 4) is 0 Å². The topological polar surface area (TPSA) is 93.1 Å². The summed E-state index contributed by atoms with van der Waals surface area (Å²) < 4.78 is 11.2. The molecule has 0 aliphatic heterocycles. The van der Waals surface area contributed by atoms with E-state index in [1.54, 1.807) is 19.9 Å². The van der Waals surface area contributed by atoms with Gasteiger partial charge < -0.3 is 14.6 Å². The molecular weight excluding hydrogens is 490 g/mol. The van der Waals surface area contributed by atoms with E-state index in [1.165, 1.54) is 0 Å². The molecule has 1 N–H and O–H groups in total. The second-order valence-corrected chi connectivity index (χ2v) is 11.0. The molecule has 8 heteroatoms. The Labute approximate surface area is 204 Å². The number of halogens is 1. The molecule has 0 aromatic heterocycles. The summed E-state index contributed by atoms with van der Waals surface area (Å²) in [6.45, 7) is 7.45. The first kappa shape index (κ1) is 26.1. The molecule has 2 saturated carbocycles. The zero-order valence-corrected chi connectivity index (χ0v) is 21.7. The van der Waals surface area contributed by atoms with Crippen LogP contribution in [-0.2, 0) is 23.9 Å². The summed E-state index contributed by atoms with van der Waals surface area (Å²) in [6.07, 6.45) is 5.47. The average molecular weight is 526 g/mol. The maximum absolute atomic E-state index is 13.4. The average Bonchev–Trinajstić information content (AvgIpc) is 3.18. The smallest absolute Gasteiger partial charge is 0.324 e. The molecule has 2 fully saturated rings. The Morgan fingerprint density at radius 3 is 2.36 bits per heavy atom. The molecule has 184 valence electrons. The molecule has 3 rings (SSSR count). The van der Waals surface area contributed by atoms with Crippen LogP contribution in [0.3, 0.4) is 0 Å². The Hall–Kier alpha value is -1.51. The zero-order chi connectivity index (χ0) is 24.6. The number of esters is 2. The van der Waals surface area contributed by atoms with E-state index < -0.39 is 34.4 Å². The van der Waals surface area contributed by atoms with Gasteiger partial charge >= 0.3 is 11.9 Å². The molecule has 0 spiro atoms. The zero-order valence-electron chi connectivity index (χ0n) is 20.1. The lowest BCUT2D eigenvalue weighted by molar-refractivity contribution is -0.172. The van der Waals surface area contributed by atoms with Gasteiger partial charge in [-0.15, -0.1) is 0 Å². The number of hydrogen-bond acceptors (Lipinski definition) is 7. The van der Waals surface area contributed by atoms with Gasteiger partial charge in [-0.25, -0.2) is 0 Å². The van der Waals surface area contributed by atoms with Gasteiger partial charge in [0.25, 0.3) is 0 Å². The summed E-state index contributed by atoms with van der Waals surface area (Å²) in [5, 5.41) is 11.7. The van der Waals surface area contributed by atoms with Crippen molar-refractivity contribution in [3.05, 3.63) is 22.7 Å². The molecule has 0 aromatic carbocycles. The summed E-state index contributed by atoms with van der Waals surface area (Å²) >= 11 is 3.32. The number of nitrogens with zero attached hydrogens (tertiary/aromatic N) is 1. The van der Waals surface area contributed by atoms with Gasteiger partial charge in [0.15, 0.2) is 11.2 Å². The van der Waals surface area contributed by atoms with Gasteiger partial charge in [-0.05, 0) is 75.7 Å². The van der Waals surface area contributed by atoms with Gasteiger partial charge in [-0.2, -0.15) is 0 Å². The number of ketones is 1. The van der Waals surface area contributed by atoms with Crippen molar-refractivity contribution in [2.45, 2.75) is 69.9 Å². The standard InChI is InChI=1S/C25H36BrNO6/c1-6-32-21(29)23(13-16(3)26,22(30)33-7-2)14-18-12-19(28)20-24(18,27(4)5)15-17-10-8-9-11-25(17,20)31/h12,17,20,31H,3,6-11,13-15H2,1-2,4-5H3/t17-,20+,24+,25+/m0/s1. The minimum atomic E-state index is -1.67. The lowest BCUT2D eigenvalue weighted by Gasteiger charge is -2.44. The van der Waals surface area contributed by atoms with E-state index in [9.17, 15) is 19.5 Å². The highest BCUT2D eigenvalue weighted by molar-refractivity contribution is 9.11. The lowest BCUT2D eigenvalue weighted by Crippen LogP contribution is -2.55. The Bertz CT molecular complexity index is 849. The van der Waals surface area contributed by atoms with Crippen molar-refractivity contribution < 1.29 is 29.0 Å². The van der Waals surface area contributed by atoms with Crippen molar-refractivity contribution in [3.63, 3.8) is 0 Å². The van der Waals surface area contributed by atoms with E-state index in [2.05, 4.69) is 22.5 Å². The number of carbonyl (C=O) groups is 3. The first-order valence-corrected chi connectivity index (χ1v) is 12.6. The summed E-state index contributed by atoms with van der Waals surface area (Å²) in [7, 11) is 3.81. The van der Waals surface area contributed by atoms with Crippen LogP contribution in [0.2, 0.25) is 0 Å². The molecule has 0 amide bonds. The first-order valence-electron chi connectivity index (χ1n) is 11.8. The Morgan fingerprint density at radius 1 is 1.24 bits per heavy atom. The maximum Gasteiger partial charge on any atom is 0.324 e. The van der Waals surface area contributed by atoms with Crippen molar-refractivity contribution in [1.82, 2.24) is 4.90 Å². The van der Waals surface area contributed by atoms with Crippen LogP contribution in [0.5, 0.6) is 0 Å². The van der Waals surface area contributed by atoms with E-state index in [4.69, 9.17) is 9.47 Å². The van der Waals surface area contributed by atoms with Gasteiger partial charge in [0.2, 0.25) is 0 Å². The second kappa shape index (κ2) is 9.62. The molecule has 3 aliphatic carbocycles. The largest absolute Gasteiger partial charge is 0.465 e. The van der Waals surface area contributed by atoms with Crippen LogP contribution < -0.4 is 0 Å². The van der Waals surface area contributed by atoms with Crippen LogP contribution in [0, 0.1) is 17.3 Å². The molecule has 0 heterocycles. The molecular formula is C25H36BrNO6. The van der Waals surface area contributed by atoms with Gasteiger partial charge in [0.1, 0.15) is 0 Å². The normalized spacial score (nSPS) is 31.1. The lowest BCUT2D eigenvalue weighted by atomic mass is 9.70. The summed E-state index contributed by atoms with van der Waals surface area (Å²) in [6, 6.07) is 0. The molecule has 7 nitrogen and oxygen atoms in total. The predicted molar refractivity (Wildman–Crippen MR) is 128 cm³/mol. The highest BCUT2D eigenvalue weighted by Gasteiger charge is 2.69. The molecule has 0 bridgehead atoms. The fourth-order valence-electron chi connectivity index (χ4n) is 6.55. The summed E-state index contributed by atoms with van der Waals surface area (Å²) in [5.74, 6) is -2.13. The Morgan fingerprint density at radius 2 is 1.85 bits per heavy atom. The molecule has 0 radical (unpaired) electrons. The van der Waals surface area contributed by atoms with E-state index in [0.717, 1.165) is 19.3 Å². The van der Waals surface area contributed by atoms with Crippen molar-refractivity contribution in [2.24, 2.45) is 17.3 Å². The van der Waals surface area contributed by atoms with Crippen molar-refractivity contribution in [2.75, 3.05) is 27.3 Å². The number of carbonyl (C=O) groups excluding carboxylic acids is 3. The minimum absolute atomic E-state index is 0.00275. The van der Waals surface area contributed by atoms with Gasteiger partial charge in [0.05, 0.1) is 30.3 Å². The van der Waals surface area contributed by atoms with Gasteiger partial charge in [-0.3, -0.25) is 19.3 Å². The molecule has 33 heavy (non-hydrogen) atoms. The van der Waals surface area contributed by atoms with Crippen LogP contribution in [0.4, 0.5) is 0 Å². The van der Waals surface area contributed by atoms with E-state index in [1.807, 2.05) is 19.0 Å². The number of allylic oxidation sites excluding steroid dienone is 2. The highest BCUT2D eigenvalue weighted by Crippen LogP contribution is 2.62.